The monoisotopic (exact) mass is 439 g/mol. The van der Waals surface area contributed by atoms with E-state index in [1.165, 1.54) is 16.7 Å². The van der Waals surface area contributed by atoms with Crippen molar-refractivity contribution in [3.8, 4) is 6.07 Å². The number of amides is 2. The Morgan fingerprint density at radius 3 is 2.81 bits per heavy atom. The Kier molecular flexibility index (Phi) is 6.30. The minimum absolute atomic E-state index is 0.128. The number of benzene rings is 1. The molecule has 2 aliphatic rings. The second kappa shape index (κ2) is 9.12. The van der Waals surface area contributed by atoms with Gasteiger partial charge in [0.05, 0.1) is 41.8 Å². The molecule has 0 aliphatic carbocycles. The maximum Gasteiger partial charge on any atom is 0.252 e. The summed E-state index contributed by atoms with van der Waals surface area (Å²) in [4.78, 5) is 33.5. The van der Waals surface area contributed by atoms with Crippen LogP contribution in [0.15, 0.2) is 30.5 Å². The van der Waals surface area contributed by atoms with Gasteiger partial charge in [0, 0.05) is 36.1 Å². The number of hydrogen-bond acceptors (Lipinski definition) is 7. The van der Waals surface area contributed by atoms with E-state index in [0.717, 1.165) is 29.7 Å². The summed E-state index contributed by atoms with van der Waals surface area (Å²) in [6, 6.07) is 9.27. The Morgan fingerprint density at radius 2 is 2.06 bits per heavy atom. The minimum Gasteiger partial charge on any atom is -0.372 e. The van der Waals surface area contributed by atoms with Crippen molar-refractivity contribution in [1.82, 2.24) is 15.2 Å². The number of anilines is 1. The average Bonchev–Trinajstić information content (AvgIpc) is 3.25. The largest absolute Gasteiger partial charge is 0.372 e. The summed E-state index contributed by atoms with van der Waals surface area (Å²) in [6.45, 7) is 5.52. The van der Waals surface area contributed by atoms with Crippen LogP contribution >= 0.6 is 11.8 Å². The van der Waals surface area contributed by atoms with E-state index < -0.39 is 6.04 Å². The van der Waals surface area contributed by atoms with Crippen molar-refractivity contribution < 1.29 is 14.3 Å². The van der Waals surface area contributed by atoms with Crippen LogP contribution in [0.5, 0.6) is 0 Å². The van der Waals surface area contributed by atoms with Gasteiger partial charge in [-0.25, -0.2) is 0 Å². The molecule has 4 rings (SSSR count). The molecule has 162 valence electrons. The number of nitriles is 1. The summed E-state index contributed by atoms with van der Waals surface area (Å²) in [7, 11) is 0. The SMILES string of the molecule is CC1CN(c2ccc3nccc(C(=O)NCC(=O)N4CSCC4C#N)c3c2)CC(C)O1. The van der Waals surface area contributed by atoms with Crippen molar-refractivity contribution in [3.63, 3.8) is 0 Å². The van der Waals surface area contributed by atoms with Crippen molar-refractivity contribution >= 4 is 40.2 Å². The van der Waals surface area contributed by atoms with Crippen LogP contribution in [0.3, 0.4) is 0 Å². The van der Waals surface area contributed by atoms with E-state index in [0.29, 0.717) is 17.2 Å². The summed E-state index contributed by atoms with van der Waals surface area (Å²) in [5.74, 6) is 0.500. The topological polar surface area (TPSA) is 98.6 Å². The first-order chi connectivity index (χ1) is 15.0. The fourth-order valence-electron chi connectivity index (χ4n) is 4.07. The third kappa shape index (κ3) is 4.60. The molecule has 3 heterocycles. The molecule has 1 aromatic heterocycles. The molecule has 2 aliphatic heterocycles. The molecule has 1 aromatic carbocycles. The summed E-state index contributed by atoms with van der Waals surface area (Å²) in [5.41, 5.74) is 2.21. The van der Waals surface area contributed by atoms with Crippen LogP contribution in [-0.2, 0) is 9.53 Å². The number of nitrogens with zero attached hydrogens (tertiary/aromatic N) is 4. The van der Waals surface area contributed by atoms with Gasteiger partial charge in [-0.15, -0.1) is 11.8 Å². The number of nitrogens with one attached hydrogen (secondary N) is 1. The maximum absolute atomic E-state index is 12.9. The molecular formula is C22H25N5O3S. The normalized spacial score (nSPS) is 23.6. The Hall–Kier alpha value is -2.83. The van der Waals surface area contributed by atoms with Gasteiger partial charge in [0.15, 0.2) is 0 Å². The Balaban J connectivity index is 1.52. The molecule has 2 saturated heterocycles. The molecular weight excluding hydrogens is 414 g/mol. The molecule has 1 N–H and O–H groups in total. The van der Waals surface area contributed by atoms with E-state index in [9.17, 15) is 9.59 Å². The highest BCUT2D eigenvalue weighted by atomic mass is 32.2. The lowest BCUT2D eigenvalue weighted by Crippen LogP contribution is -2.45. The molecule has 31 heavy (non-hydrogen) atoms. The number of rotatable bonds is 4. The summed E-state index contributed by atoms with van der Waals surface area (Å²) >= 11 is 1.54. The van der Waals surface area contributed by atoms with Gasteiger partial charge in [-0.2, -0.15) is 5.26 Å². The molecule has 0 radical (unpaired) electrons. The van der Waals surface area contributed by atoms with Crippen LogP contribution in [0.1, 0.15) is 24.2 Å². The van der Waals surface area contributed by atoms with Crippen molar-refractivity contribution in [2.45, 2.75) is 32.1 Å². The first-order valence-corrected chi connectivity index (χ1v) is 11.5. The third-order valence-electron chi connectivity index (χ3n) is 5.51. The maximum atomic E-state index is 12.9. The van der Waals surface area contributed by atoms with E-state index >= 15 is 0 Å². The zero-order valence-corrected chi connectivity index (χ0v) is 18.4. The van der Waals surface area contributed by atoms with Crippen molar-refractivity contribution in [3.05, 3.63) is 36.0 Å². The number of hydrogen-bond donors (Lipinski definition) is 1. The molecule has 2 aromatic rings. The molecule has 9 heteroatoms. The van der Waals surface area contributed by atoms with E-state index in [2.05, 4.69) is 35.1 Å². The fourth-order valence-corrected chi connectivity index (χ4v) is 5.17. The number of carbonyl (C=O) groups is 2. The van der Waals surface area contributed by atoms with Crippen molar-refractivity contribution in [1.29, 1.82) is 5.26 Å². The van der Waals surface area contributed by atoms with Gasteiger partial charge in [0.2, 0.25) is 5.91 Å². The van der Waals surface area contributed by atoms with E-state index in [1.807, 2.05) is 18.2 Å². The van der Waals surface area contributed by atoms with Crippen LogP contribution in [0.2, 0.25) is 0 Å². The lowest BCUT2D eigenvalue weighted by molar-refractivity contribution is -0.129. The van der Waals surface area contributed by atoms with E-state index in [4.69, 9.17) is 10.00 Å². The van der Waals surface area contributed by atoms with Gasteiger partial charge in [-0.1, -0.05) is 0 Å². The number of pyridine rings is 1. The van der Waals surface area contributed by atoms with E-state index in [1.54, 1.807) is 12.3 Å². The van der Waals surface area contributed by atoms with Gasteiger partial charge in [-0.05, 0) is 38.1 Å². The van der Waals surface area contributed by atoms with Gasteiger partial charge in [0.25, 0.3) is 5.91 Å². The van der Waals surface area contributed by atoms with Crippen LogP contribution < -0.4 is 10.2 Å². The van der Waals surface area contributed by atoms with Crippen LogP contribution in [-0.4, -0.2) is 71.2 Å². The molecule has 0 spiro atoms. The number of morpholine rings is 1. The zero-order valence-electron chi connectivity index (χ0n) is 17.6. The molecule has 0 saturated carbocycles. The molecule has 8 nitrogen and oxygen atoms in total. The zero-order chi connectivity index (χ0) is 22.0. The molecule has 3 atom stereocenters. The highest BCUT2D eigenvalue weighted by Crippen LogP contribution is 2.26. The van der Waals surface area contributed by atoms with Crippen LogP contribution in [0, 0.1) is 11.3 Å². The van der Waals surface area contributed by atoms with E-state index in [-0.39, 0.29) is 30.6 Å². The van der Waals surface area contributed by atoms with Crippen molar-refractivity contribution in [2.24, 2.45) is 0 Å². The predicted octanol–water partition coefficient (Wildman–Crippen LogP) is 2.00. The van der Waals surface area contributed by atoms with Crippen molar-refractivity contribution in [2.75, 3.05) is 36.2 Å². The highest BCUT2D eigenvalue weighted by Gasteiger charge is 2.29. The molecule has 0 bridgehead atoms. The molecule has 2 fully saturated rings. The molecule has 3 unspecified atom stereocenters. The Labute approximate surface area is 185 Å². The second-order valence-corrected chi connectivity index (χ2v) is 8.91. The Morgan fingerprint density at radius 1 is 1.29 bits per heavy atom. The highest BCUT2D eigenvalue weighted by molar-refractivity contribution is 7.99. The number of carbonyl (C=O) groups excluding carboxylic acids is 2. The summed E-state index contributed by atoms with van der Waals surface area (Å²) in [6.07, 6.45) is 1.85. The number of fused-ring (bicyclic) bond motifs is 1. The lowest BCUT2D eigenvalue weighted by atomic mass is 10.1. The quantitative estimate of drug-likeness (QED) is 0.778. The fraction of sp³-hybridized carbons (Fsp3) is 0.455. The average molecular weight is 440 g/mol. The van der Waals surface area contributed by atoms with Gasteiger partial charge in [0.1, 0.15) is 6.04 Å². The van der Waals surface area contributed by atoms with Gasteiger partial charge < -0.3 is 19.9 Å². The lowest BCUT2D eigenvalue weighted by Gasteiger charge is -2.37. The molecule has 2 amide bonds. The predicted molar refractivity (Wildman–Crippen MR) is 120 cm³/mol. The van der Waals surface area contributed by atoms with Gasteiger partial charge >= 0.3 is 0 Å². The smallest absolute Gasteiger partial charge is 0.252 e. The summed E-state index contributed by atoms with van der Waals surface area (Å²) < 4.78 is 5.82. The first kappa shape index (κ1) is 21.4. The first-order valence-electron chi connectivity index (χ1n) is 10.3. The van der Waals surface area contributed by atoms with Gasteiger partial charge in [-0.3, -0.25) is 14.6 Å². The standard InChI is InChI=1S/C22H25N5O3S/c1-14-10-26(11-15(2)30-14)16-3-4-20-19(7-16)18(5-6-24-20)22(29)25-9-21(28)27-13-31-12-17(27)8-23/h3-7,14-15,17H,9-13H2,1-2H3,(H,25,29). The summed E-state index contributed by atoms with van der Waals surface area (Å²) in [5, 5.41) is 12.6. The number of ether oxygens (including phenoxy) is 1. The number of thioether (sulfide) groups is 1. The minimum atomic E-state index is -0.433. The Bertz CT molecular complexity index is 1030. The van der Waals surface area contributed by atoms with Crippen LogP contribution in [0.25, 0.3) is 10.9 Å². The third-order valence-corrected chi connectivity index (χ3v) is 6.52. The second-order valence-electron chi connectivity index (χ2n) is 7.91. The number of aromatic nitrogens is 1. The van der Waals surface area contributed by atoms with Crippen LogP contribution in [0.4, 0.5) is 5.69 Å².